The summed E-state index contributed by atoms with van der Waals surface area (Å²) in [6, 6.07) is 0. The molecule has 2 heteroatoms. The van der Waals surface area contributed by atoms with Gasteiger partial charge in [-0.15, -0.1) is 0 Å². The third kappa shape index (κ3) is 5.28. The molecule has 0 bridgehead atoms. The molecule has 1 aliphatic rings. The third-order valence-electron chi connectivity index (χ3n) is 2.90. The molecule has 0 fully saturated rings. The molecule has 0 saturated heterocycles. The summed E-state index contributed by atoms with van der Waals surface area (Å²) < 4.78 is 0. The van der Waals surface area contributed by atoms with Crippen LogP contribution in [-0.4, -0.2) is 0 Å². The molecule has 2 nitrogen and oxygen atoms in total. The average molecular weight is 197 g/mol. The van der Waals surface area contributed by atoms with Crippen LogP contribution in [0.3, 0.4) is 0 Å². The molecule has 0 aromatic rings. The Morgan fingerprint density at radius 3 is 2.07 bits per heavy atom. The quantitative estimate of drug-likeness (QED) is 0.651. The highest BCUT2D eigenvalue weighted by Crippen LogP contribution is 2.16. The van der Waals surface area contributed by atoms with Crippen LogP contribution in [0.5, 0.6) is 0 Å². The maximum atomic E-state index is 5.22. The summed E-state index contributed by atoms with van der Waals surface area (Å²) in [6.45, 7) is 0. The first-order chi connectivity index (χ1) is 6.93. The number of nitrogens with two attached hydrogens (primary N) is 1. The van der Waals surface area contributed by atoms with Gasteiger partial charge in [-0.25, -0.2) is 0 Å². The van der Waals surface area contributed by atoms with E-state index >= 15 is 0 Å². The van der Waals surface area contributed by atoms with Gasteiger partial charge in [0.1, 0.15) is 5.76 Å². The first-order valence-electron chi connectivity index (χ1n) is 5.99. The Hall–Kier alpha value is -0.500. The van der Waals surface area contributed by atoms with Gasteiger partial charge in [-0.05, 0) is 25.3 Å². The predicted octanol–water partition coefficient (Wildman–Crippen LogP) is 3.68. The fraction of sp³-hybridized carbons (Fsp3) is 0.833. The molecule has 0 unspecified atom stereocenters. The molecule has 82 valence electrons. The second-order valence-corrected chi connectivity index (χ2v) is 4.16. The summed E-state index contributed by atoms with van der Waals surface area (Å²) >= 11 is 0. The van der Waals surface area contributed by atoms with E-state index in [-0.39, 0.29) is 0 Å². The summed E-state index contributed by atoms with van der Waals surface area (Å²) in [5.41, 5.74) is 0. The Kier molecular flexibility index (Phi) is 6.50. The van der Waals surface area contributed by atoms with Crippen molar-refractivity contribution in [1.29, 1.82) is 0 Å². The van der Waals surface area contributed by atoms with Crippen LogP contribution in [0, 0.1) is 0 Å². The summed E-state index contributed by atoms with van der Waals surface area (Å²) in [5, 5.41) is 0. The van der Waals surface area contributed by atoms with Gasteiger partial charge in [0.05, 0.1) is 0 Å². The molecule has 0 radical (unpaired) electrons. The van der Waals surface area contributed by atoms with Gasteiger partial charge in [0, 0.05) is 6.42 Å². The fourth-order valence-electron chi connectivity index (χ4n) is 1.98. The molecular formula is C12H23NO. The topological polar surface area (TPSA) is 35.2 Å². The van der Waals surface area contributed by atoms with Crippen molar-refractivity contribution in [2.75, 3.05) is 0 Å². The van der Waals surface area contributed by atoms with Gasteiger partial charge in [-0.1, -0.05) is 38.5 Å². The van der Waals surface area contributed by atoms with Gasteiger partial charge in [-0.3, -0.25) is 0 Å². The zero-order valence-corrected chi connectivity index (χ0v) is 9.13. The molecule has 0 amide bonds. The zero-order chi connectivity index (χ0) is 10.1. The van der Waals surface area contributed by atoms with E-state index in [0.29, 0.717) is 0 Å². The standard InChI is InChI=1S/C12H23NO/c13-14-12-10-8-6-4-2-1-3-5-7-9-11-12/h10H,1-9,11,13H2. The van der Waals surface area contributed by atoms with Gasteiger partial charge in [0.15, 0.2) is 0 Å². The van der Waals surface area contributed by atoms with Gasteiger partial charge in [0.25, 0.3) is 0 Å². The van der Waals surface area contributed by atoms with Crippen molar-refractivity contribution in [3.63, 3.8) is 0 Å². The zero-order valence-electron chi connectivity index (χ0n) is 9.13. The summed E-state index contributed by atoms with van der Waals surface area (Å²) in [5.74, 6) is 6.21. The molecule has 1 aliphatic carbocycles. The van der Waals surface area contributed by atoms with Crippen LogP contribution in [0.2, 0.25) is 0 Å². The molecule has 1 rings (SSSR count). The number of rotatable bonds is 1. The van der Waals surface area contributed by atoms with Crippen LogP contribution in [0.4, 0.5) is 0 Å². The Balaban J connectivity index is 2.29. The van der Waals surface area contributed by atoms with E-state index in [0.717, 1.165) is 18.6 Å². The lowest BCUT2D eigenvalue weighted by molar-refractivity contribution is 0.206. The fourth-order valence-corrected chi connectivity index (χ4v) is 1.98. The van der Waals surface area contributed by atoms with Crippen LogP contribution < -0.4 is 5.90 Å². The summed E-state index contributed by atoms with van der Waals surface area (Å²) in [6.07, 6.45) is 15.1. The van der Waals surface area contributed by atoms with Crippen molar-refractivity contribution in [1.82, 2.24) is 0 Å². The minimum Gasteiger partial charge on any atom is -0.416 e. The minimum atomic E-state index is 0.991. The first-order valence-corrected chi connectivity index (χ1v) is 5.99. The van der Waals surface area contributed by atoms with Gasteiger partial charge in [0.2, 0.25) is 0 Å². The average Bonchev–Trinajstić information content (AvgIpc) is 2.19. The Bertz CT molecular complexity index is 166. The summed E-state index contributed by atoms with van der Waals surface area (Å²) in [4.78, 5) is 4.86. The molecule has 0 aromatic heterocycles. The second-order valence-electron chi connectivity index (χ2n) is 4.16. The van der Waals surface area contributed by atoms with Crippen LogP contribution in [0.15, 0.2) is 11.8 Å². The SMILES string of the molecule is NOC1=CCCCCCCCCCC1. The van der Waals surface area contributed by atoms with E-state index in [1.807, 2.05) is 0 Å². The van der Waals surface area contributed by atoms with Gasteiger partial charge >= 0.3 is 0 Å². The van der Waals surface area contributed by atoms with E-state index in [1.54, 1.807) is 0 Å². The third-order valence-corrected chi connectivity index (χ3v) is 2.90. The predicted molar refractivity (Wildman–Crippen MR) is 59.5 cm³/mol. The maximum absolute atomic E-state index is 5.22. The van der Waals surface area contributed by atoms with Crippen LogP contribution in [-0.2, 0) is 4.84 Å². The van der Waals surface area contributed by atoms with Gasteiger partial charge in [-0.2, -0.15) is 5.90 Å². The Morgan fingerprint density at radius 1 is 0.857 bits per heavy atom. The molecule has 0 atom stereocenters. The van der Waals surface area contributed by atoms with Crippen LogP contribution in [0.25, 0.3) is 0 Å². The largest absolute Gasteiger partial charge is 0.416 e. The Morgan fingerprint density at radius 2 is 1.43 bits per heavy atom. The number of hydrogen-bond donors (Lipinski definition) is 1. The lowest BCUT2D eigenvalue weighted by atomic mass is 10.0. The highest BCUT2D eigenvalue weighted by atomic mass is 16.6. The highest BCUT2D eigenvalue weighted by molar-refractivity contribution is 4.92. The lowest BCUT2D eigenvalue weighted by Crippen LogP contribution is -1.99. The van der Waals surface area contributed by atoms with E-state index in [2.05, 4.69) is 6.08 Å². The van der Waals surface area contributed by atoms with Crippen molar-refractivity contribution in [2.45, 2.75) is 64.2 Å². The van der Waals surface area contributed by atoms with Crippen molar-refractivity contribution >= 4 is 0 Å². The maximum Gasteiger partial charge on any atom is 0.119 e. The van der Waals surface area contributed by atoms with Crippen molar-refractivity contribution < 1.29 is 4.84 Å². The van der Waals surface area contributed by atoms with Crippen molar-refractivity contribution in [3.8, 4) is 0 Å². The van der Waals surface area contributed by atoms with Gasteiger partial charge < -0.3 is 4.84 Å². The van der Waals surface area contributed by atoms with E-state index < -0.39 is 0 Å². The molecule has 0 aromatic carbocycles. The second kappa shape index (κ2) is 7.86. The molecule has 0 heterocycles. The molecule has 0 saturated carbocycles. The minimum absolute atomic E-state index is 0.991. The van der Waals surface area contributed by atoms with Crippen molar-refractivity contribution in [2.24, 2.45) is 5.90 Å². The highest BCUT2D eigenvalue weighted by Gasteiger charge is 1.99. The molecule has 0 spiro atoms. The molecule has 14 heavy (non-hydrogen) atoms. The van der Waals surface area contributed by atoms with Crippen LogP contribution in [0.1, 0.15) is 64.2 Å². The van der Waals surface area contributed by atoms with E-state index in [4.69, 9.17) is 10.7 Å². The molecular weight excluding hydrogens is 174 g/mol. The first kappa shape index (κ1) is 11.6. The van der Waals surface area contributed by atoms with E-state index in [9.17, 15) is 0 Å². The molecule has 2 N–H and O–H groups in total. The normalized spacial score (nSPS) is 21.6. The Labute approximate surface area is 87.5 Å². The number of allylic oxidation sites excluding steroid dienone is 2. The summed E-state index contributed by atoms with van der Waals surface area (Å²) in [7, 11) is 0. The van der Waals surface area contributed by atoms with Crippen LogP contribution >= 0.6 is 0 Å². The van der Waals surface area contributed by atoms with E-state index in [1.165, 1.54) is 51.4 Å². The van der Waals surface area contributed by atoms with Crippen molar-refractivity contribution in [3.05, 3.63) is 11.8 Å². The number of hydrogen-bond acceptors (Lipinski definition) is 2. The lowest BCUT2D eigenvalue weighted by Gasteiger charge is -2.07. The molecule has 0 aliphatic heterocycles. The monoisotopic (exact) mass is 197 g/mol. The smallest absolute Gasteiger partial charge is 0.119 e.